The summed E-state index contributed by atoms with van der Waals surface area (Å²) in [5, 5.41) is 12.4. The Hall–Kier alpha value is -1.40. The molecule has 6 nitrogen and oxygen atoms in total. The number of aromatic nitrogens is 2. The van der Waals surface area contributed by atoms with E-state index in [1.165, 1.54) is 0 Å². The maximum atomic E-state index is 9.17. The Morgan fingerprint density at radius 3 is 3.16 bits per heavy atom. The van der Waals surface area contributed by atoms with E-state index in [1.807, 2.05) is 6.07 Å². The normalized spacial score (nSPS) is 18.8. The average Bonchev–Trinajstić information content (AvgIpc) is 2.93. The molecular weight excluding hydrogens is 244 g/mol. The number of aliphatic hydroxyl groups is 1. The van der Waals surface area contributed by atoms with Gasteiger partial charge in [-0.05, 0) is 12.8 Å². The van der Waals surface area contributed by atoms with Gasteiger partial charge in [-0.2, -0.15) is 0 Å². The number of hydrogen-bond acceptors (Lipinski definition) is 6. The molecule has 1 unspecified atom stereocenters. The summed E-state index contributed by atoms with van der Waals surface area (Å²) in [5.74, 6) is 2.14. The SMILES string of the molecule is COCCCNc1cc(N2CCC(CO)C2)ncn1. The Balaban J connectivity index is 1.88. The molecule has 106 valence electrons. The van der Waals surface area contributed by atoms with Gasteiger partial charge in [-0.3, -0.25) is 0 Å². The number of nitrogens with zero attached hydrogens (tertiary/aromatic N) is 3. The molecule has 1 aromatic rings. The lowest BCUT2D eigenvalue weighted by Crippen LogP contribution is -2.22. The Kier molecular flexibility index (Phi) is 5.35. The van der Waals surface area contributed by atoms with E-state index in [4.69, 9.17) is 9.84 Å². The quantitative estimate of drug-likeness (QED) is 0.710. The summed E-state index contributed by atoms with van der Waals surface area (Å²) < 4.78 is 5.00. The highest BCUT2D eigenvalue weighted by atomic mass is 16.5. The molecule has 0 aromatic carbocycles. The van der Waals surface area contributed by atoms with Crippen LogP contribution in [-0.2, 0) is 4.74 Å². The molecule has 2 rings (SSSR count). The maximum absolute atomic E-state index is 9.17. The van der Waals surface area contributed by atoms with Crippen molar-refractivity contribution in [1.29, 1.82) is 0 Å². The van der Waals surface area contributed by atoms with E-state index in [-0.39, 0.29) is 6.61 Å². The third kappa shape index (κ3) is 4.04. The molecule has 1 saturated heterocycles. The van der Waals surface area contributed by atoms with Gasteiger partial charge >= 0.3 is 0 Å². The highest BCUT2D eigenvalue weighted by molar-refractivity contribution is 5.49. The average molecular weight is 266 g/mol. The van der Waals surface area contributed by atoms with Crippen molar-refractivity contribution in [3.8, 4) is 0 Å². The van der Waals surface area contributed by atoms with Crippen molar-refractivity contribution in [1.82, 2.24) is 9.97 Å². The lowest BCUT2D eigenvalue weighted by atomic mass is 10.1. The standard InChI is InChI=1S/C13H22N4O2/c1-19-6-2-4-14-12-7-13(16-10-15-12)17-5-3-11(8-17)9-18/h7,10-11,18H,2-6,8-9H2,1H3,(H,14,15,16). The van der Waals surface area contributed by atoms with Crippen LogP contribution in [0.25, 0.3) is 0 Å². The Morgan fingerprint density at radius 2 is 2.42 bits per heavy atom. The van der Waals surface area contributed by atoms with Gasteiger partial charge in [0.05, 0.1) is 0 Å². The second-order valence-corrected chi connectivity index (χ2v) is 4.82. The first-order valence-corrected chi connectivity index (χ1v) is 6.74. The molecule has 0 bridgehead atoms. The first kappa shape index (κ1) is 14.0. The van der Waals surface area contributed by atoms with Gasteiger partial charge in [-0.25, -0.2) is 9.97 Å². The maximum Gasteiger partial charge on any atom is 0.134 e. The van der Waals surface area contributed by atoms with Crippen LogP contribution in [0.15, 0.2) is 12.4 Å². The summed E-state index contributed by atoms with van der Waals surface area (Å²) in [6, 6.07) is 1.96. The van der Waals surface area contributed by atoms with Gasteiger partial charge in [0.1, 0.15) is 18.0 Å². The number of anilines is 2. The Morgan fingerprint density at radius 1 is 1.53 bits per heavy atom. The van der Waals surface area contributed by atoms with E-state index in [0.29, 0.717) is 5.92 Å². The summed E-state index contributed by atoms with van der Waals surface area (Å²) in [6.45, 7) is 3.66. The minimum atomic E-state index is 0.254. The zero-order valence-corrected chi connectivity index (χ0v) is 11.4. The van der Waals surface area contributed by atoms with Gasteiger partial charge in [0.15, 0.2) is 0 Å². The van der Waals surface area contributed by atoms with Crippen LogP contribution in [-0.4, -0.2) is 55.0 Å². The lowest BCUT2D eigenvalue weighted by molar-refractivity contribution is 0.198. The fraction of sp³-hybridized carbons (Fsp3) is 0.692. The van der Waals surface area contributed by atoms with E-state index in [9.17, 15) is 0 Å². The van der Waals surface area contributed by atoms with Crippen LogP contribution in [0.3, 0.4) is 0 Å². The van der Waals surface area contributed by atoms with Gasteiger partial charge in [0.2, 0.25) is 0 Å². The smallest absolute Gasteiger partial charge is 0.134 e. The Bertz CT molecular complexity index is 389. The molecule has 1 aliphatic heterocycles. The molecule has 6 heteroatoms. The minimum Gasteiger partial charge on any atom is -0.396 e. The zero-order chi connectivity index (χ0) is 13.5. The van der Waals surface area contributed by atoms with Crippen LogP contribution in [0.2, 0.25) is 0 Å². The zero-order valence-electron chi connectivity index (χ0n) is 11.4. The summed E-state index contributed by atoms with van der Waals surface area (Å²) in [7, 11) is 1.70. The van der Waals surface area contributed by atoms with Crippen molar-refractivity contribution < 1.29 is 9.84 Å². The van der Waals surface area contributed by atoms with Crippen LogP contribution < -0.4 is 10.2 Å². The first-order valence-electron chi connectivity index (χ1n) is 6.74. The molecule has 0 radical (unpaired) electrons. The first-order chi connectivity index (χ1) is 9.33. The molecule has 2 N–H and O–H groups in total. The summed E-state index contributed by atoms with van der Waals surface area (Å²) >= 11 is 0. The molecule has 19 heavy (non-hydrogen) atoms. The molecule has 0 saturated carbocycles. The molecule has 1 atom stereocenters. The largest absolute Gasteiger partial charge is 0.396 e. The van der Waals surface area contributed by atoms with Crippen molar-refractivity contribution in [3.05, 3.63) is 12.4 Å². The van der Waals surface area contributed by atoms with Gasteiger partial charge in [-0.15, -0.1) is 0 Å². The number of rotatable bonds is 7. The van der Waals surface area contributed by atoms with E-state index in [1.54, 1.807) is 13.4 Å². The Labute approximate surface area is 113 Å². The third-order valence-corrected chi connectivity index (χ3v) is 3.35. The second-order valence-electron chi connectivity index (χ2n) is 4.82. The minimum absolute atomic E-state index is 0.254. The number of ether oxygens (including phenoxy) is 1. The molecule has 1 aliphatic rings. The molecule has 0 spiro atoms. The highest BCUT2D eigenvalue weighted by Gasteiger charge is 2.22. The number of hydrogen-bond donors (Lipinski definition) is 2. The van der Waals surface area contributed by atoms with Gasteiger partial charge in [0.25, 0.3) is 0 Å². The van der Waals surface area contributed by atoms with E-state index >= 15 is 0 Å². The van der Waals surface area contributed by atoms with Crippen LogP contribution in [0.1, 0.15) is 12.8 Å². The van der Waals surface area contributed by atoms with Crippen molar-refractivity contribution in [2.24, 2.45) is 5.92 Å². The van der Waals surface area contributed by atoms with E-state index < -0.39 is 0 Å². The van der Waals surface area contributed by atoms with Crippen molar-refractivity contribution in [2.75, 3.05) is 50.2 Å². The molecule has 0 aliphatic carbocycles. The fourth-order valence-electron chi connectivity index (χ4n) is 2.24. The molecular formula is C13H22N4O2. The van der Waals surface area contributed by atoms with Crippen molar-refractivity contribution >= 4 is 11.6 Å². The number of aliphatic hydroxyl groups excluding tert-OH is 1. The summed E-state index contributed by atoms with van der Waals surface area (Å²) in [6.07, 6.45) is 3.56. The van der Waals surface area contributed by atoms with Crippen molar-refractivity contribution in [2.45, 2.75) is 12.8 Å². The second kappa shape index (κ2) is 7.25. The molecule has 0 amide bonds. The lowest BCUT2D eigenvalue weighted by Gasteiger charge is -2.17. The van der Waals surface area contributed by atoms with Crippen LogP contribution >= 0.6 is 0 Å². The number of methoxy groups -OCH3 is 1. The van der Waals surface area contributed by atoms with Gasteiger partial charge in [-0.1, -0.05) is 0 Å². The van der Waals surface area contributed by atoms with Gasteiger partial charge < -0.3 is 20.1 Å². The van der Waals surface area contributed by atoms with Crippen molar-refractivity contribution in [3.63, 3.8) is 0 Å². The summed E-state index contributed by atoms with van der Waals surface area (Å²) in [5.41, 5.74) is 0. The van der Waals surface area contributed by atoms with Crippen LogP contribution in [0.4, 0.5) is 11.6 Å². The third-order valence-electron chi connectivity index (χ3n) is 3.35. The highest BCUT2D eigenvalue weighted by Crippen LogP contribution is 2.22. The monoisotopic (exact) mass is 266 g/mol. The fourth-order valence-corrected chi connectivity index (χ4v) is 2.24. The van der Waals surface area contributed by atoms with E-state index in [2.05, 4.69) is 20.2 Å². The topological polar surface area (TPSA) is 70.5 Å². The molecule has 1 fully saturated rings. The van der Waals surface area contributed by atoms with E-state index in [0.717, 1.165) is 50.7 Å². The summed E-state index contributed by atoms with van der Waals surface area (Å²) in [4.78, 5) is 10.7. The molecule has 1 aromatic heterocycles. The van der Waals surface area contributed by atoms with Crippen LogP contribution in [0.5, 0.6) is 0 Å². The number of nitrogens with one attached hydrogen (secondary N) is 1. The predicted octanol–water partition coefficient (Wildman–Crippen LogP) is 0.744. The predicted molar refractivity (Wildman–Crippen MR) is 74.4 cm³/mol. The van der Waals surface area contributed by atoms with Gasteiger partial charge in [0, 0.05) is 51.9 Å². The molecule has 2 heterocycles. The van der Waals surface area contributed by atoms with Crippen LogP contribution in [0, 0.1) is 5.92 Å².